The van der Waals surface area contributed by atoms with Crippen molar-refractivity contribution in [1.82, 2.24) is 15.0 Å². The van der Waals surface area contributed by atoms with Crippen LogP contribution in [0.3, 0.4) is 0 Å². The van der Waals surface area contributed by atoms with E-state index >= 15 is 0 Å². The molecule has 0 radical (unpaired) electrons. The fraction of sp³-hybridized carbons (Fsp3) is 0. The lowest BCUT2D eigenvalue weighted by atomic mass is 9.93. The molecule has 10 rings (SSSR count). The number of fused-ring (bicyclic) bond motifs is 8. The van der Waals surface area contributed by atoms with Crippen LogP contribution in [0.5, 0.6) is 0 Å². The van der Waals surface area contributed by atoms with Gasteiger partial charge in [-0.15, -0.1) is 0 Å². The molecular weight excluding hydrogens is 599 g/mol. The summed E-state index contributed by atoms with van der Waals surface area (Å²) < 4.78 is 6.76. The fourth-order valence-corrected chi connectivity index (χ4v) is 7.18. The number of benzene rings is 7. The molecule has 228 valence electrons. The average Bonchev–Trinajstić information content (AvgIpc) is 3.57. The Morgan fingerprint density at radius 1 is 0.367 bits per heavy atom. The predicted molar refractivity (Wildman–Crippen MR) is 201 cm³/mol. The molecule has 0 spiro atoms. The molecule has 0 amide bonds. The van der Waals surface area contributed by atoms with Crippen LogP contribution in [-0.4, -0.2) is 15.0 Å². The Bertz CT molecular complexity index is 2860. The number of pyridine rings is 1. The number of hydrogen-bond donors (Lipinski definition) is 0. The SMILES string of the molecule is c1ccc(-c2ccc(-c3nc(-c4cc5c(-c6ccccc6)nc6ccccc6c5c5c4oc4ccccc45)nc4ccccc34)cc2)cc1. The highest BCUT2D eigenvalue weighted by Crippen LogP contribution is 2.45. The highest BCUT2D eigenvalue weighted by atomic mass is 16.3. The zero-order chi connectivity index (χ0) is 32.3. The van der Waals surface area contributed by atoms with Crippen molar-refractivity contribution in [2.75, 3.05) is 0 Å². The Balaban J connectivity index is 1.30. The number of para-hydroxylation sites is 3. The van der Waals surface area contributed by atoms with Gasteiger partial charge in [0.25, 0.3) is 0 Å². The number of rotatable bonds is 4. The van der Waals surface area contributed by atoms with Gasteiger partial charge in [0.2, 0.25) is 0 Å². The summed E-state index contributed by atoms with van der Waals surface area (Å²) in [5.74, 6) is 0.610. The van der Waals surface area contributed by atoms with Gasteiger partial charge < -0.3 is 4.42 Å². The first kappa shape index (κ1) is 27.5. The maximum absolute atomic E-state index is 6.76. The van der Waals surface area contributed by atoms with Crippen molar-refractivity contribution in [2.45, 2.75) is 0 Å². The van der Waals surface area contributed by atoms with E-state index < -0.39 is 0 Å². The molecular formula is C45H27N3O. The van der Waals surface area contributed by atoms with E-state index in [9.17, 15) is 0 Å². The second-order valence-electron chi connectivity index (χ2n) is 12.3. The predicted octanol–water partition coefficient (Wildman–Crippen LogP) is 11.9. The molecule has 0 fully saturated rings. The lowest BCUT2D eigenvalue weighted by Gasteiger charge is -2.14. The van der Waals surface area contributed by atoms with Gasteiger partial charge in [-0.05, 0) is 35.4 Å². The van der Waals surface area contributed by atoms with Crippen molar-refractivity contribution in [3.8, 4) is 45.0 Å². The molecule has 0 aliphatic rings. The molecule has 0 aliphatic carbocycles. The largest absolute Gasteiger partial charge is 0.455 e. The van der Waals surface area contributed by atoms with Gasteiger partial charge >= 0.3 is 0 Å². The molecule has 0 bridgehead atoms. The van der Waals surface area contributed by atoms with Crippen molar-refractivity contribution in [3.05, 3.63) is 164 Å². The minimum Gasteiger partial charge on any atom is -0.455 e. The van der Waals surface area contributed by atoms with Crippen LogP contribution in [0.15, 0.2) is 168 Å². The molecule has 0 N–H and O–H groups in total. The first-order valence-electron chi connectivity index (χ1n) is 16.5. The summed E-state index contributed by atoms with van der Waals surface area (Å²) in [4.78, 5) is 15.8. The van der Waals surface area contributed by atoms with Crippen molar-refractivity contribution in [1.29, 1.82) is 0 Å². The Labute approximate surface area is 282 Å². The van der Waals surface area contributed by atoms with Crippen LogP contribution in [-0.2, 0) is 0 Å². The van der Waals surface area contributed by atoms with E-state index in [0.717, 1.165) is 88.2 Å². The first-order chi connectivity index (χ1) is 24.3. The number of nitrogens with zero attached hydrogens (tertiary/aromatic N) is 3. The van der Waals surface area contributed by atoms with Gasteiger partial charge in [0.15, 0.2) is 5.82 Å². The fourth-order valence-electron chi connectivity index (χ4n) is 7.18. The molecule has 10 aromatic rings. The normalized spacial score (nSPS) is 11.7. The third kappa shape index (κ3) is 4.42. The van der Waals surface area contributed by atoms with Gasteiger partial charge in [-0.2, -0.15) is 0 Å². The standard InChI is InChI=1S/C45H27N3O/c1-3-13-28(14-4-1)29-23-25-31(26-24-29)42-33-18-8-11-21-38(33)47-45(48-42)36-27-35-40(41-34-19-9-12-22-39(34)49-44(36)41)32-17-7-10-20-37(32)46-43(35)30-15-5-2-6-16-30/h1-27H. The lowest BCUT2D eigenvalue weighted by Crippen LogP contribution is -1.97. The summed E-state index contributed by atoms with van der Waals surface area (Å²) in [5, 5.41) is 6.33. The average molecular weight is 626 g/mol. The molecule has 3 aromatic heterocycles. The van der Waals surface area contributed by atoms with E-state index in [1.54, 1.807) is 0 Å². The number of aromatic nitrogens is 3. The Hall–Kier alpha value is -6.65. The Kier molecular flexibility index (Phi) is 6.15. The van der Waals surface area contributed by atoms with Crippen molar-refractivity contribution < 1.29 is 4.42 Å². The highest BCUT2D eigenvalue weighted by Gasteiger charge is 2.23. The second-order valence-corrected chi connectivity index (χ2v) is 12.3. The van der Waals surface area contributed by atoms with Crippen molar-refractivity contribution in [3.63, 3.8) is 0 Å². The van der Waals surface area contributed by atoms with Gasteiger partial charge in [-0.25, -0.2) is 15.0 Å². The molecule has 0 aliphatic heterocycles. The summed E-state index contributed by atoms with van der Waals surface area (Å²) in [7, 11) is 0. The molecule has 7 aromatic carbocycles. The summed E-state index contributed by atoms with van der Waals surface area (Å²) in [6.45, 7) is 0. The van der Waals surface area contributed by atoms with E-state index in [-0.39, 0.29) is 0 Å². The van der Waals surface area contributed by atoms with Crippen LogP contribution in [0.2, 0.25) is 0 Å². The molecule has 49 heavy (non-hydrogen) atoms. The minimum absolute atomic E-state index is 0.610. The van der Waals surface area contributed by atoms with Crippen molar-refractivity contribution in [2.24, 2.45) is 0 Å². The summed E-state index contributed by atoms with van der Waals surface area (Å²) in [6.07, 6.45) is 0. The van der Waals surface area contributed by atoms with Gasteiger partial charge in [0.1, 0.15) is 11.2 Å². The van der Waals surface area contributed by atoms with E-state index in [2.05, 4.69) is 121 Å². The van der Waals surface area contributed by atoms with Gasteiger partial charge in [-0.3, -0.25) is 0 Å². The molecule has 3 heterocycles. The minimum atomic E-state index is 0.610. The summed E-state index contributed by atoms with van der Waals surface area (Å²) in [5.41, 5.74) is 10.5. The molecule has 0 saturated carbocycles. The van der Waals surface area contributed by atoms with Crippen LogP contribution in [0.1, 0.15) is 0 Å². The first-order valence-corrected chi connectivity index (χ1v) is 16.5. The van der Waals surface area contributed by atoms with Crippen LogP contribution in [0.4, 0.5) is 0 Å². The van der Waals surface area contributed by atoms with Gasteiger partial charge in [0.05, 0.1) is 28.0 Å². The zero-order valence-corrected chi connectivity index (χ0v) is 26.3. The highest BCUT2D eigenvalue weighted by molar-refractivity contribution is 6.30. The third-order valence-electron chi connectivity index (χ3n) is 9.47. The second kappa shape index (κ2) is 11.0. The number of furan rings is 1. The molecule has 4 heteroatoms. The molecule has 0 saturated heterocycles. The topological polar surface area (TPSA) is 51.8 Å². The van der Waals surface area contributed by atoms with Crippen LogP contribution >= 0.6 is 0 Å². The van der Waals surface area contributed by atoms with Crippen LogP contribution < -0.4 is 0 Å². The van der Waals surface area contributed by atoms with E-state index in [0.29, 0.717) is 5.82 Å². The zero-order valence-electron chi connectivity index (χ0n) is 26.3. The van der Waals surface area contributed by atoms with E-state index in [4.69, 9.17) is 19.4 Å². The summed E-state index contributed by atoms with van der Waals surface area (Å²) in [6, 6.07) is 56.5. The van der Waals surface area contributed by atoms with Crippen LogP contribution in [0.25, 0.3) is 99.5 Å². The molecule has 0 atom stereocenters. The van der Waals surface area contributed by atoms with Crippen LogP contribution in [0, 0.1) is 0 Å². The Morgan fingerprint density at radius 3 is 1.65 bits per heavy atom. The lowest BCUT2D eigenvalue weighted by molar-refractivity contribution is 0.670. The molecule has 4 nitrogen and oxygen atoms in total. The maximum atomic E-state index is 6.76. The van der Waals surface area contributed by atoms with Crippen molar-refractivity contribution >= 4 is 54.5 Å². The summed E-state index contributed by atoms with van der Waals surface area (Å²) >= 11 is 0. The Morgan fingerprint density at radius 2 is 0.898 bits per heavy atom. The van der Waals surface area contributed by atoms with E-state index in [1.165, 1.54) is 5.56 Å². The van der Waals surface area contributed by atoms with Gasteiger partial charge in [-0.1, -0.05) is 140 Å². The quantitative estimate of drug-likeness (QED) is 0.183. The monoisotopic (exact) mass is 625 g/mol. The number of hydrogen-bond acceptors (Lipinski definition) is 4. The van der Waals surface area contributed by atoms with E-state index in [1.807, 2.05) is 42.5 Å². The third-order valence-corrected chi connectivity index (χ3v) is 9.47. The smallest absolute Gasteiger partial charge is 0.164 e. The van der Waals surface area contributed by atoms with Gasteiger partial charge in [0, 0.05) is 43.4 Å². The molecule has 0 unspecified atom stereocenters. The maximum Gasteiger partial charge on any atom is 0.164 e.